The van der Waals surface area contributed by atoms with Gasteiger partial charge in [0.05, 0.1) is 0 Å². The van der Waals surface area contributed by atoms with Crippen molar-refractivity contribution in [3.63, 3.8) is 0 Å². The number of aryl methyl sites for hydroxylation is 2. The fourth-order valence-electron chi connectivity index (χ4n) is 4.17. The van der Waals surface area contributed by atoms with E-state index in [0.29, 0.717) is 12.0 Å². The van der Waals surface area contributed by atoms with Gasteiger partial charge in [0.15, 0.2) is 0 Å². The Balaban J connectivity index is -0.00000320. The van der Waals surface area contributed by atoms with E-state index in [0.717, 1.165) is 44.1 Å². The molecule has 0 aliphatic rings. The van der Waals surface area contributed by atoms with Crippen molar-refractivity contribution in [1.29, 1.82) is 0 Å². The first-order chi connectivity index (χ1) is 14.9. The average Bonchev–Trinajstić information content (AvgIpc) is 2.72. The van der Waals surface area contributed by atoms with Gasteiger partial charge < -0.3 is 7.96 Å². The van der Waals surface area contributed by atoms with E-state index >= 15 is 0 Å². The van der Waals surface area contributed by atoms with Crippen LogP contribution in [0.4, 0.5) is 0 Å². The zero-order valence-corrected chi connectivity index (χ0v) is 22.9. The van der Waals surface area contributed by atoms with Crippen molar-refractivity contribution in [2.45, 2.75) is 134 Å². The van der Waals surface area contributed by atoms with Crippen LogP contribution in [0.3, 0.4) is 0 Å². The third-order valence-electron chi connectivity index (χ3n) is 6.11. The summed E-state index contributed by atoms with van der Waals surface area (Å²) in [6.45, 7) is 4.43. The maximum Gasteiger partial charge on any atom is 2.00 e. The first-order valence-electron chi connectivity index (χ1n) is 12.7. The standard InChI is InChI=1S/C26H46O4S.Mg.2H/c1-3-5-7-9-11-12-13-14-15-17-19-23-21-24(20-18-16-10-8-6-4-2)26(27)25(22-23)31(28,29)30;;;/h21-22,27H,3-20H2,1-2H3,(H,28,29,30);;;/q;+2;2*-1. The Hall–Kier alpha value is -0.304. The Labute approximate surface area is 216 Å². The van der Waals surface area contributed by atoms with Crippen molar-refractivity contribution in [3.05, 3.63) is 23.3 Å². The summed E-state index contributed by atoms with van der Waals surface area (Å²) in [6, 6.07) is 3.38. The summed E-state index contributed by atoms with van der Waals surface area (Å²) in [5.41, 5.74) is 1.54. The van der Waals surface area contributed by atoms with Crippen molar-refractivity contribution in [3.8, 4) is 5.75 Å². The normalized spacial score (nSPS) is 11.5. The third-order valence-corrected chi connectivity index (χ3v) is 6.98. The number of benzene rings is 1. The largest absolute Gasteiger partial charge is 2.00 e. The van der Waals surface area contributed by atoms with E-state index < -0.39 is 10.1 Å². The number of aromatic hydroxyl groups is 1. The first kappa shape index (κ1) is 31.7. The van der Waals surface area contributed by atoms with Crippen LogP contribution in [0.25, 0.3) is 0 Å². The van der Waals surface area contributed by atoms with Gasteiger partial charge in [0.25, 0.3) is 10.1 Å². The Bertz CT molecular complexity index is 715. The minimum absolute atomic E-state index is 0. The van der Waals surface area contributed by atoms with Gasteiger partial charge in [-0.3, -0.25) is 4.55 Å². The molecule has 0 fully saturated rings. The third kappa shape index (κ3) is 14.1. The van der Waals surface area contributed by atoms with Crippen LogP contribution in [-0.2, 0) is 23.0 Å². The maximum atomic E-state index is 11.7. The van der Waals surface area contributed by atoms with Crippen molar-refractivity contribution < 1.29 is 20.9 Å². The van der Waals surface area contributed by atoms with Crippen LogP contribution in [-0.4, -0.2) is 41.1 Å². The Morgan fingerprint density at radius 3 is 1.53 bits per heavy atom. The molecule has 6 heteroatoms. The zero-order valence-electron chi connectivity index (χ0n) is 22.7. The molecule has 0 saturated heterocycles. The summed E-state index contributed by atoms with van der Waals surface area (Å²) >= 11 is 0. The summed E-state index contributed by atoms with van der Waals surface area (Å²) in [5.74, 6) is -0.275. The van der Waals surface area contributed by atoms with E-state index in [-0.39, 0.29) is 36.6 Å². The van der Waals surface area contributed by atoms with Crippen LogP contribution in [0, 0.1) is 0 Å². The van der Waals surface area contributed by atoms with Crippen LogP contribution in [0.2, 0.25) is 0 Å². The summed E-state index contributed by atoms with van der Waals surface area (Å²) < 4.78 is 33.0. The molecule has 4 nitrogen and oxygen atoms in total. The molecule has 32 heavy (non-hydrogen) atoms. The van der Waals surface area contributed by atoms with Gasteiger partial charge in [-0.1, -0.05) is 110 Å². The van der Waals surface area contributed by atoms with Crippen molar-refractivity contribution in [1.82, 2.24) is 0 Å². The van der Waals surface area contributed by atoms with E-state index in [4.69, 9.17) is 0 Å². The van der Waals surface area contributed by atoms with Crippen molar-refractivity contribution in [2.24, 2.45) is 0 Å². The van der Waals surface area contributed by atoms with Gasteiger partial charge in [0.1, 0.15) is 10.6 Å². The summed E-state index contributed by atoms with van der Waals surface area (Å²) in [6.07, 6.45) is 20.8. The number of phenolic OH excluding ortho intramolecular Hbond substituents is 1. The molecule has 0 bridgehead atoms. The molecule has 0 aromatic heterocycles. The van der Waals surface area contributed by atoms with Crippen LogP contribution < -0.4 is 0 Å². The second-order valence-corrected chi connectivity index (χ2v) is 10.4. The van der Waals surface area contributed by atoms with E-state index in [1.165, 1.54) is 76.7 Å². The fraction of sp³-hybridized carbons (Fsp3) is 0.769. The van der Waals surface area contributed by atoms with Crippen LogP contribution in [0.5, 0.6) is 5.75 Å². The quantitative estimate of drug-likeness (QED) is 0.120. The van der Waals surface area contributed by atoms with E-state index in [2.05, 4.69) is 13.8 Å². The van der Waals surface area contributed by atoms with Gasteiger partial charge >= 0.3 is 23.1 Å². The molecule has 0 unspecified atom stereocenters. The number of rotatable bonds is 19. The maximum absolute atomic E-state index is 11.7. The van der Waals surface area contributed by atoms with Gasteiger partial charge in [-0.05, 0) is 42.9 Å². The average molecular weight is 481 g/mol. The molecule has 0 heterocycles. The van der Waals surface area contributed by atoms with Crippen molar-refractivity contribution in [2.75, 3.05) is 0 Å². The Morgan fingerprint density at radius 1 is 0.688 bits per heavy atom. The van der Waals surface area contributed by atoms with Gasteiger partial charge in [0.2, 0.25) is 0 Å². The molecule has 0 aliphatic heterocycles. The summed E-state index contributed by atoms with van der Waals surface area (Å²) in [4.78, 5) is -0.335. The van der Waals surface area contributed by atoms with Crippen molar-refractivity contribution >= 4 is 33.2 Å². The number of phenols is 1. The molecule has 0 spiro atoms. The predicted molar refractivity (Wildman–Crippen MR) is 139 cm³/mol. The number of hydrogen-bond donors (Lipinski definition) is 2. The van der Waals surface area contributed by atoms with Gasteiger partial charge in [0, 0.05) is 0 Å². The monoisotopic (exact) mass is 480 g/mol. The molecule has 0 amide bonds. The molecular formula is C26H48MgO4S. The summed E-state index contributed by atoms with van der Waals surface area (Å²) in [7, 11) is -4.42. The topological polar surface area (TPSA) is 74.6 Å². The molecule has 184 valence electrons. The molecular weight excluding hydrogens is 433 g/mol. The van der Waals surface area contributed by atoms with E-state index in [1.807, 2.05) is 6.07 Å². The predicted octanol–water partition coefficient (Wildman–Crippen LogP) is 7.85. The Morgan fingerprint density at radius 2 is 1.09 bits per heavy atom. The first-order valence-corrected chi connectivity index (χ1v) is 14.2. The fourth-order valence-corrected chi connectivity index (χ4v) is 4.85. The smallest absolute Gasteiger partial charge is 1.00 e. The zero-order chi connectivity index (χ0) is 23.0. The minimum Gasteiger partial charge on any atom is -1.00 e. The molecule has 0 radical (unpaired) electrons. The van der Waals surface area contributed by atoms with Gasteiger partial charge in [-0.25, -0.2) is 0 Å². The van der Waals surface area contributed by atoms with E-state index in [1.54, 1.807) is 0 Å². The minimum atomic E-state index is -4.42. The molecule has 1 rings (SSSR count). The molecule has 0 saturated carbocycles. The van der Waals surface area contributed by atoms with Crippen LogP contribution in [0.1, 0.15) is 131 Å². The summed E-state index contributed by atoms with van der Waals surface area (Å²) in [5, 5.41) is 10.4. The second-order valence-electron chi connectivity index (χ2n) is 9.03. The molecule has 1 aromatic rings. The second kappa shape index (κ2) is 19.0. The van der Waals surface area contributed by atoms with Crippen LogP contribution in [0.15, 0.2) is 17.0 Å². The molecule has 0 atom stereocenters. The van der Waals surface area contributed by atoms with Gasteiger partial charge in [-0.2, -0.15) is 8.42 Å². The van der Waals surface area contributed by atoms with Gasteiger partial charge in [-0.15, -0.1) is 0 Å². The van der Waals surface area contributed by atoms with Crippen LogP contribution >= 0.6 is 0 Å². The molecule has 1 aromatic carbocycles. The Kier molecular flexibility index (Phi) is 18.9. The number of unbranched alkanes of at least 4 members (excludes halogenated alkanes) is 14. The molecule has 2 N–H and O–H groups in total. The molecule has 0 aliphatic carbocycles. The SMILES string of the molecule is CCCCCCCCCCCCc1cc(CCCCCCCC)c(O)c(S(=O)(=O)O)c1.[H-].[H-].[Mg+2]. The number of hydrogen-bond acceptors (Lipinski definition) is 3. The van der Waals surface area contributed by atoms with E-state index in [9.17, 15) is 18.1 Å².